The number of nitrogens with one attached hydrogen (secondary N) is 1. The minimum atomic E-state index is -3.91. The molecule has 0 saturated heterocycles. The van der Waals surface area contributed by atoms with E-state index in [-0.39, 0.29) is 17.1 Å². The Morgan fingerprint density at radius 2 is 1.80 bits per heavy atom. The van der Waals surface area contributed by atoms with Gasteiger partial charge in [-0.1, -0.05) is 25.5 Å². The molecular formula is C13H17NO5S. The number of Topliss-reactive ketones (excluding diaryl/α,β-unsaturated/α-hetero) is 1. The highest BCUT2D eigenvalue weighted by Gasteiger charge is 2.24. The van der Waals surface area contributed by atoms with E-state index in [9.17, 15) is 18.0 Å². The Hall–Kier alpha value is -1.73. The molecule has 0 aliphatic heterocycles. The highest BCUT2D eigenvalue weighted by molar-refractivity contribution is 7.89. The topological polar surface area (TPSA) is 101 Å². The molecule has 0 spiro atoms. The van der Waals surface area contributed by atoms with Crippen LogP contribution in [0.15, 0.2) is 29.2 Å². The third-order valence-electron chi connectivity index (χ3n) is 2.74. The summed E-state index contributed by atoms with van der Waals surface area (Å²) in [5, 5.41) is 8.96. The van der Waals surface area contributed by atoms with E-state index in [2.05, 4.69) is 4.72 Å². The molecule has 0 amide bonds. The van der Waals surface area contributed by atoms with Crippen molar-refractivity contribution in [3.63, 3.8) is 0 Å². The van der Waals surface area contributed by atoms with Gasteiger partial charge in [-0.2, -0.15) is 4.72 Å². The number of carboxylic acid groups (broad SMARTS) is 1. The monoisotopic (exact) mass is 299 g/mol. The number of ketones is 1. The number of rotatable bonds is 7. The van der Waals surface area contributed by atoms with Crippen LogP contribution in [0.4, 0.5) is 0 Å². The van der Waals surface area contributed by atoms with E-state index in [4.69, 9.17) is 5.11 Å². The summed E-state index contributed by atoms with van der Waals surface area (Å²) in [4.78, 5) is 22.0. The van der Waals surface area contributed by atoms with Crippen molar-refractivity contribution in [1.29, 1.82) is 0 Å². The summed E-state index contributed by atoms with van der Waals surface area (Å²) in [5.41, 5.74) is 0.396. The van der Waals surface area contributed by atoms with Crippen LogP contribution in [0.5, 0.6) is 0 Å². The van der Waals surface area contributed by atoms with Gasteiger partial charge in [0, 0.05) is 5.56 Å². The standard InChI is InChI=1S/C13H17NO5S/c1-3-4-12(13(16)17)14-20(18,19)11-7-5-10(6-8-11)9(2)15/h5-8,12,14H,3-4H2,1-2H3,(H,16,17)/t12-/m0/s1. The van der Waals surface area contributed by atoms with Gasteiger partial charge in [0.05, 0.1) is 4.90 Å². The highest BCUT2D eigenvalue weighted by Crippen LogP contribution is 2.12. The zero-order chi connectivity index (χ0) is 15.3. The van der Waals surface area contributed by atoms with Gasteiger partial charge in [0.15, 0.2) is 5.78 Å². The van der Waals surface area contributed by atoms with Gasteiger partial charge in [-0.15, -0.1) is 0 Å². The first kappa shape index (κ1) is 16.3. The normalized spacial score (nSPS) is 12.9. The lowest BCUT2D eigenvalue weighted by Gasteiger charge is -2.14. The predicted octanol–water partition coefficient (Wildman–Crippen LogP) is 1.42. The van der Waals surface area contributed by atoms with Gasteiger partial charge < -0.3 is 5.11 Å². The fourth-order valence-electron chi connectivity index (χ4n) is 1.65. The maximum atomic E-state index is 12.0. The minimum absolute atomic E-state index is 0.0650. The molecule has 1 aromatic carbocycles. The first-order valence-electron chi connectivity index (χ1n) is 6.14. The molecule has 2 N–H and O–H groups in total. The number of carbonyl (C=O) groups excluding carboxylic acids is 1. The van der Waals surface area contributed by atoms with E-state index in [0.717, 1.165) is 0 Å². The summed E-state index contributed by atoms with van der Waals surface area (Å²) in [6.45, 7) is 3.15. The second kappa shape index (κ2) is 6.62. The largest absolute Gasteiger partial charge is 0.480 e. The molecule has 1 aromatic rings. The second-order valence-electron chi connectivity index (χ2n) is 4.38. The molecule has 1 rings (SSSR count). The van der Waals surface area contributed by atoms with Crippen LogP contribution in [0.25, 0.3) is 0 Å². The third-order valence-corrected chi connectivity index (χ3v) is 4.23. The smallest absolute Gasteiger partial charge is 0.321 e. The van der Waals surface area contributed by atoms with Crippen LogP contribution < -0.4 is 4.72 Å². The molecular weight excluding hydrogens is 282 g/mol. The van der Waals surface area contributed by atoms with Crippen molar-refractivity contribution < 1.29 is 23.1 Å². The van der Waals surface area contributed by atoms with Gasteiger partial charge in [0.1, 0.15) is 6.04 Å². The molecule has 1 atom stereocenters. The minimum Gasteiger partial charge on any atom is -0.480 e. The van der Waals surface area contributed by atoms with E-state index < -0.39 is 22.0 Å². The molecule has 7 heteroatoms. The zero-order valence-electron chi connectivity index (χ0n) is 11.3. The average Bonchev–Trinajstić information content (AvgIpc) is 2.38. The van der Waals surface area contributed by atoms with E-state index in [1.165, 1.54) is 31.2 Å². The molecule has 0 bridgehead atoms. The molecule has 20 heavy (non-hydrogen) atoms. The number of hydrogen-bond acceptors (Lipinski definition) is 4. The summed E-state index contributed by atoms with van der Waals surface area (Å²) in [7, 11) is -3.91. The summed E-state index contributed by atoms with van der Waals surface area (Å²) >= 11 is 0. The molecule has 0 aliphatic rings. The van der Waals surface area contributed by atoms with Gasteiger partial charge in [-0.25, -0.2) is 8.42 Å². The van der Waals surface area contributed by atoms with Crippen LogP contribution in [0.2, 0.25) is 0 Å². The Kier molecular flexibility index (Phi) is 5.41. The lowest BCUT2D eigenvalue weighted by atomic mass is 10.2. The van der Waals surface area contributed by atoms with E-state index >= 15 is 0 Å². The Bertz CT molecular complexity index is 592. The Labute approximate surface area is 117 Å². The number of aliphatic carboxylic acids is 1. The maximum Gasteiger partial charge on any atom is 0.321 e. The van der Waals surface area contributed by atoms with Crippen LogP contribution in [0, 0.1) is 0 Å². The molecule has 6 nitrogen and oxygen atoms in total. The quantitative estimate of drug-likeness (QED) is 0.742. The average molecular weight is 299 g/mol. The van der Waals surface area contributed by atoms with Gasteiger partial charge >= 0.3 is 5.97 Å². The molecule has 0 fully saturated rings. The van der Waals surface area contributed by atoms with Gasteiger partial charge in [-0.3, -0.25) is 9.59 Å². The van der Waals surface area contributed by atoms with E-state index in [1.807, 2.05) is 0 Å². The first-order chi connectivity index (χ1) is 9.27. The number of sulfonamides is 1. The maximum absolute atomic E-state index is 12.0. The first-order valence-corrected chi connectivity index (χ1v) is 7.62. The molecule has 0 aliphatic carbocycles. The third kappa shape index (κ3) is 4.14. The van der Waals surface area contributed by atoms with Crippen molar-refractivity contribution in [1.82, 2.24) is 4.72 Å². The van der Waals surface area contributed by atoms with Crippen molar-refractivity contribution in [2.45, 2.75) is 37.6 Å². The molecule has 0 aromatic heterocycles. The molecule has 110 valence electrons. The lowest BCUT2D eigenvalue weighted by molar-refractivity contribution is -0.139. The predicted molar refractivity (Wildman–Crippen MR) is 73.1 cm³/mol. The fourth-order valence-corrected chi connectivity index (χ4v) is 2.87. The van der Waals surface area contributed by atoms with E-state index in [1.54, 1.807) is 6.92 Å². The van der Waals surface area contributed by atoms with Crippen molar-refractivity contribution >= 4 is 21.8 Å². The highest BCUT2D eigenvalue weighted by atomic mass is 32.2. The van der Waals surface area contributed by atoms with Crippen molar-refractivity contribution in [2.75, 3.05) is 0 Å². The Morgan fingerprint density at radius 1 is 1.25 bits per heavy atom. The fraction of sp³-hybridized carbons (Fsp3) is 0.385. The van der Waals surface area contributed by atoms with Gasteiger partial charge in [0.2, 0.25) is 10.0 Å². The number of benzene rings is 1. The van der Waals surface area contributed by atoms with Crippen molar-refractivity contribution in [2.24, 2.45) is 0 Å². The second-order valence-corrected chi connectivity index (χ2v) is 6.10. The van der Waals surface area contributed by atoms with Crippen LogP contribution >= 0.6 is 0 Å². The van der Waals surface area contributed by atoms with Gasteiger partial charge in [0.25, 0.3) is 0 Å². The van der Waals surface area contributed by atoms with E-state index in [0.29, 0.717) is 12.0 Å². The molecule has 0 heterocycles. The SMILES string of the molecule is CCC[C@H](NS(=O)(=O)c1ccc(C(C)=O)cc1)C(=O)O. The van der Waals surface area contributed by atoms with Crippen LogP contribution in [-0.4, -0.2) is 31.3 Å². The van der Waals surface area contributed by atoms with Crippen LogP contribution in [0.3, 0.4) is 0 Å². The van der Waals surface area contributed by atoms with Crippen LogP contribution in [0.1, 0.15) is 37.0 Å². The summed E-state index contributed by atoms with van der Waals surface area (Å²) in [6.07, 6.45) is 0.753. The number of hydrogen-bond donors (Lipinski definition) is 2. The number of carboxylic acids is 1. The lowest BCUT2D eigenvalue weighted by Crippen LogP contribution is -2.40. The summed E-state index contributed by atoms with van der Waals surface area (Å²) in [5.74, 6) is -1.38. The molecule has 0 radical (unpaired) electrons. The zero-order valence-corrected chi connectivity index (χ0v) is 12.1. The summed E-state index contributed by atoms with van der Waals surface area (Å²) in [6, 6.07) is 4.20. The number of carbonyl (C=O) groups is 2. The molecule has 0 saturated carbocycles. The van der Waals surface area contributed by atoms with Crippen molar-refractivity contribution in [3.8, 4) is 0 Å². The van der Waals surface area contributed by atoms with Crippen LogP contribution in [-0.2, 0) is 14.8 Å². The Balaban J connectivity index is 2.98. The van der Waals surface area contributed by atoms with Gasteiger partial charge in [-0.05, 0) is 25.5 Å². The molecule has 0 unspecified atom stereocenters. The Morgan fingerprint density at radius 3 is 2.20 bits per heavy atom. The van der Waals surface area contributed by atoms with Crippen molar-refractivity contribution in [3.05, 3.63) is 29.8 Å². The summed E-state index contributed by atoms with van der Waals surface area (Å²) < 4.78 is 26.2.